The van der Waals surface area contributed by atoms with E-state index in [-0.39, 0.29) is 10.6 Å². The van der Waals surface area contributed by atoms with E-state index >= 15 is 0 Å². The van der Waals surface area contributed by atoms with E-state index in [4.69, 9.17) is 15.2 Å². The van der Waals surface area contributed by atoms with Gasteiger partial charge in [-0.15, -0.1) is 0 Å². The molecule has 0 bridgehead atoms. The fourth-order valence-corrected chi connectivity index (χ4v) is 3.32. The van der Waals surface area contributed by atoms with Gasteiger partial charge in [-0.3, -0.25) is 0 Å². The van der Waals surface area contributed by atoms with Crippen LogP contribution in [0.1, 0.15) is 5.56 Å². The molecule has 2 N–H and O–H groups in total. The Morgan fingerprint density at radius 1 is 1.00 bits per heavy atom. The Balaban J connectivity index is 2.32. The van der Waals surface area contributed by atoms with Gasteiger partial charge in [0, 0.05) is 17.3 Å². The average molecular weight is 307 g/mol. The van der Waals surface area contributed by atoms with Crippen molar-refractivity contribution in [1.29, 1.82) is 0 Å². The summed E-state index contributed by atoms with van der Waals surface area (Å²) in [6.07, 6.45) is 0. The summed E-state index contributed by atoms with van der Waals surface area (Å²) < 4.78 is 35.1. The molecule has 0 heterocycles. The number of rotatable bonds is 5. The number of benzene rings is 2. The number of hydrogen-bond acceptors (Lipinski definition) is 5. The third-order valence-electron chi connectivity index (χ3n) is 3.08. The van der Waals surface area contributed by atoms with Gasteiger partial charge in [-0.25, -0.2) is 8.42 Å². The summed E-state index contributed by atoms with van der Waals surface area (Å²) in [4.78, 5) is 0.238. The third kappa shape index (κ3) is 3.46. The number of ether oxygens (including phenoxy) is 2. The molecule has 0 amide bonds. The number of hydrogen-bond donors (Lipinski definition) is 1. The van der Waals surface area contributed by atoms with Crippen molar-refractivity contribution >= 4 is 15.5 Å². The molecule has 0 saturated carbocycles. The number of anilines is 1. The monoisotopic (exact) mass is 307 g/mol. The second kappa shape index (κ2) is 6.05. The zero-order valence-electron chi connectivity index (χ0n) is 11.9. The van der Waals surface area contributed by atoms with Gasteiger partial charge < -0.3 is 15.2 Å². The van der Waals surface area contributed by atoms with Crippen molar-refractivity contribution in [2.24, 2.45) is 0 Å². The molecule has 6 heteroatoms. The van der Waals surface area contributed by atoms with Crippen molar-refractivity contribution in [3.05, 3.63) is 48.0 Å². The third-order valence-corrected chi connectivity index (χ3v) is 4.76. The lowest BCUT2D eigenvalue weighted by Crippen LogP contribution is -2.06. The molecular weight excluding hydrogens is 290 g/mol. The Kier molecular flexibility index (Phi) is 4.37. The van der Waals surface area contributed by atoms with Gasteiger partial charge in [-0.1, -0.05) is 6.07 Å². The van der Waals surface area contributed by atoms with Crippen LogP contribution in [0.2, 0.25) is 0 Å². The molecule has 0 aromatic heterocycles. The quantitative estimate of drug-likeness (QED) is 0.857. The Morgan fingerprint density at radius 3 is 2.24 bits per heavy atom. The lowest BCUT2D eigenvalue weighted by atomic mass is 10.2. The van der Waals surface area contributed by atoms with Gasteiger partial charge >= 0.3 is 0 Å². The van der Waals surface area contributed by atoms with Crippen LogP contribution in [-0.2, 0) is 15.6 Å². The van der Waals surface area contributed by atoms with E-state index in [2.05, 4.69) is 0 Å². The number of nitrogen functional groups attached to an aromatic ring is 1. The highest BCUT2D eigenvalue weighted by molar-refractivity contribution is 7.90. The van der Waals surface area contributed by atoms with E-state index in [9.17, 15) is 8.42 Å². The smallest absolute Gasteiger partial charge is 0.182 e. The highest BCUT2D eigenvalue weighted by atomic mass is 32.2. The zero-order chi connectivity index (χ0) is 15.5. The van der Waals surface area contributed by atoms with E-state index < -0.39 is 9.84 Å². The second-order valence-corrected chi connectivity index (χ2v) is 6.50. The second-order valence-electron chi connectivity index (χ2n) is 4.51. The summed E-state index contributed by atoms with van der Waals surface area (Å²) in [5.41, 5.74) is 6.76. The van der Waals surface area contributed by atoms with Crippen LogP contribution in [0.15, 0.2) is 47.4 Å². The van der Waals surface area contributed by atoms with Gasteiger partial charge in [0.2, 0.25) is 0 Å². The Labute approximate surface area is 124 Å². The maximum atomic E-state index is 12.4. The lowest BCUT2D eigenvalue weighted by molar-refractivity contribution is 0.411. The molecule has 5 nitrogen and oxygen atoms in total. The van der Waals surface area contributed by atoms with Gasteiger partial charge in [-0.2, -0.15) is 0 Å². The van der Waals surface area contributed by atoms with Crippen LogP contribution in [0.25, 0.3) is 0 Å². The molecule has 0 fully saturated rings. The zero-order valence-corrected chi connectivity index (χ0v) is 12.7. The molecule has 2 aromatic rings. The van der Waals surface area contributed by atoms with Crippen molar-refractivity contribution in [2.45, 2.75) is 10.6 Å². The van der Waals surface area contributed by atoms with Crippen molar-refractivity contribution in [2.75, 3.05) is 20.0 Å². The van der Waals surface area contributed by atoms with Crippen LogP contribution in [0.5, 0.6) is 11.5 Å². The molecule has 0 atom stereocenters. The first-order valence-electron chi connectivity index (χ1n) is 6.25. The first-order valence-corrected chi connectivity index (χ1v) is 7.90. The summed E-state index contributed by atoms with van der Waals surface area (Å²) >= 11 is 0. The van der Waals surface area contributed by atoms with Gasteiger partial charge in [0.15, 0.2) is 9.84 Å². The Bertz CT molecular complexity index is 724. The summed E-state index contributed by atoms with van der Waals surface area (Å²) in [5.74, 6) is 0.925. The normalized spacial score (nSPS) is 11.1. The van der Waals surface area contributed by atoms with Crippen molar-refractivity contribution in [3.8, 4) is 11.5 Å². The topological polar surface area (TPSA) is 78.6 Å². The van der Waals surface area contributed by atoms with Crippen LogP contribution < -0.4 is 15.2 Å². The Morgan fingerprint density at radius 2 is 1.67 bits per heavy atom. The summed E-state index contributed by atoms with van der Waals surface area (Å²) in [7, 11) is -0.445. The van der Waals surface area contributed by atoms with Gasteiger partial charge in [0.05, 0.1) is 24.9 Å². The van der Waals surface area contributed by atoms with Crippen LogP contribution >= 0.6 is 0 Å². The van der Waals surface area contributed by atoms with Crippen LogP contribution in [0, 0.1) is 0 Å². The van der Waals surface area contributed by atoms with E-state index in [1.165, 1.54) is 26.4 Å². The molecule has 0 radical (unpaired) electrons. The van der Waals surface area contributed by atoms with Crippen molar-refractivity contribution in [1.82, 2.24) is 0 Å². The summed E-state index contributed by atoms with van der Waals surface area (Å²) in [6.45, 7) is 0. The lowest BCUT2D eigenvalue weighted by Gasteiger charge is -2.10. The first-order chi connectivity index (χ1) is 9.96. The first kappa shape index (κ1) is 15.2. The predicted molar refractivity (Wildman–Crippen MR) is 81.3 cm³/mol. The maximum absolute atomic E-state index is 12.4. The molecule has 0 aliphatic heterocycles. The van der Waals surface area contributed by atoms with Crippen LogP contribution in [-0.4, -0.2) is 22.6 Å². The maximum Gasteiger partial charge on any atom is 0.182 e. The molecule has 2 rings (SSSR count). The van der Waals surface area contributed by atoms with Gasteiger partial charge in [0.1, 0.15) is 11.5 Å². The predicted octanol–water partition coefficient (Wildman–Crippen LogP) is 2.26. The molecule has 21 heavy (non-hydrogen) atoms. The average Bonchev–Trinajstić information content (AvgIpc) is 2.49. The minimum atomic E-state index is -3.46. The van der Waals surface area contributed by atoms with Crippen molar-refractivity contribution in [3.63, 3.8) is 0 Å². The van der Waals surface area contributed by atoms with E-state index in [1.807, 2.05) is 0 Å². The molecule has 0 unspecified atom stereocenters. The van der Waals surface area contributed by atoms with Gasteiger partial charge in [0.25, 0.3) is 0 Å². The SMILES string of the molecule is COc1ccc(S(=O)(=O)Cc2ccc(N)cc2OC)cc1. The molecule has 0 saturated heterocycles. The number of nitrogens with two attached hydrogens (primary N) is 1. The molecule has 112 valence electrons. The Hall–Kier alpha value is -2.21. The molecule has 0 aliphatic carbocycles. The summed E-state index contributed by atoms with van der Waals surface area (Å²) in [6, 6.07) is 11.2. The minimum Gasteiger partial charge on any atom is -0.497 e. The van der Waals surface area contributed by atoms with E-state index in [0.717, 1.165) is 0 Å². The van der Waals surface area contributed by atoms with E-state index in [0.29, 0.717) is 22.7 Å². The highest BCUT2D eigenvalue weighted by Gasteiger charge is 2.18. The fraction of sp³-hybridized carbons (Fsp3) is 0.200. The number of methoxy groups -OCH3 is 2. The number of sulfone groups is 1. The minimum absolute atomic E-state index is 0.150. The standard InChI is InChI=1S/C15H17NO4S/c1-19-13-5-7-14(8-6-13)21(17,18)10-11-3-4-12(16)9-15(11)20-2/h3-9H,10,16H2,1-2H3. The van der Waals surface area contributed by atoms with Crippen LogP contribution in [0.4, 0.5) is 5.69 Å². The largest absolute Gasteiger partial charge is 0.497 e. The van der Waals surface area contributed by atoms with Gasteiger partial charge in [-0.05, 0) is 30.3 Å². The molecule has 0 spiro atoms. The fourth-order valence-electron chi connectivity index (χ4n) is 1.95. The van der Waals surface area contributed by atoms with E-state index in [1.54, 1.807) is 30.3 Å². The highest BCUT2D eigenvalue weighted by Crippen LogP contribution is 2.26. The molecular formula is C15H17NO4S. The summed E-state index contributed by atoms with van der Waals surface area (Å²) in [5, 5.41) is 0. The molecule has 0 aliphatic rings. The van der Waals surface area contributed by atoms with Crippen molar-refractivity contribution < 1.29 is 17.9 Å². The molecule has 2 aromatic carbocycles. The van der Waals surface area contributed by atoms with Crippen LogP contribution in [0.3, 0.4) is 0 Å².